The lowest BCUT2D eigenvalue weighted by Crippen LogP contribution is -2.45. The molecule has 5 nitrogen and oxygen atoms in total. The summed E-state index contributed by atoms with van der Waals surface area (Å²) in [6.45, 7) is 2.35. The van der Waals surface area contributed by atoms with E-state index >= 15 is 0 Å². The van der Waals surface area contributed by atoms with E-state index in [0.29, 0.717) is 18.5 Å². The monoisotopic (exact) mass is 282 g/mol. The van der Waals surface area contributed by atoms with Crippen LogP contribution in [0, 0.1) is 6.92 Å². The van der Waals surface area contributed by atoms with Gasteiger partial charge in [0.25, 0.3) is 0 Å². The van der Waals surface area contributed by atoms with E-state index in [4.69, 9.17) is 0 Å². The highest BCUT2D eigenvalue weighted by molar-refractivity contribution is 7.89. The van der Waals surface area contributed by atoms with Crippen LogP contribution < -0.4 is 10.0 Å². The maximum atomic E-state index is 12.3. The van der Waals surface area contributed by atoms with Gasteiger partial charge < -0.3 is 5.32 Å². The van der Waals surface area contributed by atoms with Crippen LogP contribution in [0.15, 0.2) is 29.2 Å². The van der Waals surface area contributed by atoms with Crippen molar-refractivity contribution >= 4 is 15.9 Å². The van der Waals surface area contributed by atoms with Gasteiger partial charge in [0.05, 0.1) is 4.90 Å². The lowest BCUT2D eigenvalue weighted by molar-refractivity contribution is -0.122. The van der Waals surface area contributed by atoms with Crippen molar-refractivity contribution < 1.29 is 13.2 Å². The minimum Gasteiger partial charge on any atom is -0.355 e. The van der Waals surface area contributed by atoms with E-state index < -0.39 is 16.1 Å². The van der Waals surface area contributed by atoms with E-state index in [9.17, 15) is 13.2 Å². The molecule has 0 aliphatic carbocycles. The molecule has 2 rings (SSSR count). The summed E-state index contributed by atoms with van der Waals surface area (Å²) in [6.07, 6.45) is 2.25. The number of carbonyl (C=O) groups is 1. The SMILES string of the molecule is Cc1ccccc1S(=O)(=O)NC1CCCCNC1=O. The molecule has 1 saturated heterocycles. The Balaban J connectivity index is 2.21. The van der Waals surface area contributed by atoms with Gasteiger partial charge in [0.15, 0.2) is 0 Å². The van der Waals surface area contributed by atoms with Gasteiger partial charge in [-0.1, -0.05) is 18.2 Å². The molecule has 0 saturated carbocycles. The molecule has 1 fully saturated rings. The predicted molar refractivity (Wildman–Crippen MR) is 72.1 cm³/mol. The average Bonchev–Trinajstić information content (AvgIpc) is 2.55. The van der Waals surface area contributed by atoms with Crippen LogP contribution in [0.2, 0.25) is 0 Å². The zero-order valence-electron chi connectivity index (χ0n) is 10.8. The van der Waals surface area contributed by atoms with Crippen LogP contribution in [-0.4, -0.2) is 26.9 Å². The molecule has 1 aromatic rings. The molecule has 1 amide bonds. The van der Waals surface area contributed by atoms with Crippen LogP contribution in [0.5, 0.6) is 0 Å². The Bertz CT molecular complexity index is 569. The van der Waals surface area contributed by atoms with E-state index in [0.717, 1.165) is 12.8 Å². The Morgan fingerprint density at radius 1 is 1.26 bits per heavy atom. The number of sulfonamides is 1. The normalized spacial score (nSPS) is 20.7. The highest BCUT2D eigenvalue weighted by Gasteiger charge is 2.27. The molecule has 2 N–H and O–H groups in total. The van der Waals surface area contributed by atoms with Gasteiger partial charge in [0.1, 0.15) is 6.04 Å². The number of hydrogen-bond donors (Lipinski definition) is 2. The zero-order valence-corrected chi connectivity index (χ0v) is 11.7. The summed E-state index contributed by atoms with van der Waals surface area (Å²) in [5, 5.41) is 2.72. The number of carbonyl (C=O) groups excluding carboxylic acids is 1. The Hall–Kier alpha value is -1.40. The molecule has 19 heavy (non-hydrogen) atoms. The van der Waals surface area contributed by atoms with Crippen LogP contribution in [0.25, 0.3) is 0 Å². The van der Waals surface area contributed by atoms with Crippen LogP contribution in [0.4, 0.5) is 0 Å². The Morgan fingerprint density at radius 2 is 2.00 bits per heavy atom. The number of aryl methyl sites for hydroxylation is 1. The largest absolute Gasteiger partial charge is 0.355 e. The molecule has 0 aromatic heterocycles. The lowest BCUT2D eigenvalue weighted by atomic mass is 10.1. The van der Waals surface area contributed by atoms with E-state index in [2.05, 4.69) is 10.0 Å². The molecule has 1 heterocycles. The average molecular weight is 282 g/mol. The van der Waals surface area contributed by atoms with Crippen molar-refractivity contribution in [1.82, 2.24) is 10.0 Å². The third-order valence-electron chi connectivity index (χ3n) is 3.22. The van der Waals surface area contributed by atoms with Crippen molar-refractivity contribution in [3.05, 3.63) is 29.8 Å². The van der Waals surface area contributed by atoms with Gasteiger partial charge in [-0.3, -0.25) is 4.79 Å². The first-order valence-electron chi connectivity index (χ1n) is 6.36. The number of amides is 1. The Labute approximate surface area is 113 Å². The summed E-state index contributed by atoms with van der Waals surface area (Å²) in [6, 6.07) is 6.07. The number of hydrogen-bond acceptors (Lipinski definition) is 3. The zero-order chi connectivity index (χ0) is 13.9. The Morgan fingerprint density at radius 3 is 2.74 bits per heavy atom. The van der Waals surface area contributed by atoms with Crippen molar-refractivity contribution in [1.29, 1.82) is 0 Å². The Kier molecular flexibility index (Phi) is 4.21. The maximum absolute atomic E-state index is 12.3. The fourth-order valence-electron chi connectivity index (χ4n) is 2.16. The summed E-state index contributed by atoms with van der Waals surface area (Å²) in [5.74, 6) is -0.241. The van der Waals surface area contributed by atoms with E-state index in [1.54, 1.807) is 31.2 Å². The molecule has 6 heteroatoms. The van der Waals surface area contributed by atoms with Crippen LogP contribution in [0.1, 0.15) is 24.8 Å². The number of nitrogens with one attached hydrogen (secondary N) is 2. The highest BCUT2D eigenvalue weighted by Crippen LogP contribution is 2.16. The standard InChI is InChI=1S/C13H18N2O3S/c1-10-6-2-3-8-12(10)19(17,18)15-11-7-4-5-9-14-13(11)16/h2-3,6,8,11,15H,4-5,7,9H2,1H3,(H,14,16). The molecular formula is C13H18N2O3S. The van der Waals surface area contributed by atoms with Gasteiger partial charge in [-0.25, -0.2) is 8.42 Å². The smallest absolute Gasteiger partial charge is 0.241 e. The molecule has 1 unspecified atom stereocenters. The first-order chi connectivity index (χ1) is 9.00. The molecule has 0 radical (unpaired) electrons. The summed E-state index contributed by atoms with van der Waals surface area (Å²) >= 11 is 0. The van der Waals surface area contributed by atoms with Crippen LogP contribution in [0.3, 0.4) is 0 Å². The maximum Gasteiger partial charge on any atom is 0.241 e. The van der Waals surface area contributed by atoms with Crippen molar-refractivity contribution in [2.45, 2.75) is 37.1 Å². The molecule has 1 aromatic carbocycles. The van der Waals surface area contributed by atoms with Crippen molar-refractivity contribution in [3.8, 4) is 0 Å². The lowest BCUT2D eigenvalue weighted by Gasteiger charge is -2.16. The second-order valence-electron chi connectivity index (χ2n) is 4.73. The molecule has 0 spiro atoms. The van der Waals surface area contributed by atoms with Gasteiger partial charge in [0.2, 0.25) is 15.9 Å². The fourth-order valence-corrected chi connectivity index (χ4v) is 3.64. The molecular weight excluding hydrogens is 264 g/mol. The predicted octanol–water partition coefficient (Wildman–Crippen LogP) is 0.942. The molecule has 1 aliphatic rings. The van der Waals surface area contributed by atoms with Crippen molar-refractivity contribution in [3.63, 3.8) is 0 Å². The van der Waals surface area contributed by atoms with Gasteiger partial charge in [-0.15, -0.1) is 0 Å². The molecule has 1 aliphatic heterocycles. The van der Waals surface area contributed by atoms with Crippen molar-refractivity contribution in [2.24, 2.45) is 0 Å². The molecule has 104 valence electrons. The minimum atomic E-state index is -3.65. The number of benzene rings is 1. The van der Waals surface area contributed by atoms with Gasteiger partial charge in [0, 0.05) is 6.54 Å². The fraction of sp³-hybridized carbons (Fsp3) is 0.462. The third-order valence-corrected chi connectivity index (χ3v) is 4.85. The molecule has 1 atom stereocenters. The first kappa shape index (κ1) is 14.0. The van der Waals surface area contributed by atoms with Crippen LogP contribution in [-0.2, 0) is 14.8 Å². The van der Waals surface area contributed by atoms with Crippen molar-refractivity contribution in [2.75, 3.05) is 6.54 Å². The second kappa shape index (κ2) is 5.71. The van der Waals surface area contributed by atoms with E-state index in [1.807, 2.05) is 0 Å². The summed E-state index contributed by atoms with van der Waals surface area (Å²) in [5.41, 5.74) is 0.670. The quantitative estimate of drug-likeness (QED) is 0.866. The van der Waals surface area contributed by atoms with Gasteiger partial charge in [-0.2, -0.15) is 4.72 Å². The van der Waals surface area contributed by atoms with E-state index in [1.165, 1.54) is 0 Å². The summed E-state index contributed by atoms with van der Waals surface area (Å²) < 4.78 is 27.1. The van der Waals surface area contributed by atoms with Crippen LogP contribution >= 0.6 is 0 Å². The summed E-state index contributed by atoms with van der Waals surface area (Å²) in [7, 11) is -3.65. The summed E-state index contributed by atoms with van der Waals surface area (Å²) in [4.78, 5) is 12.0. The number of rotatable bonds is 3. The molecule has 0 bridgehead atoms. The van der Waals surface area contributed by atoms with Gasteiger partial charge in [-0.05, 0) is 37.8 Å². The van der Waals surface area contributed by atoms with Gasteiger partial charge >= 0.3 is 0 Å². The minimum absolute atomic E-state index is 0.229. The topological polar surface area (TPSA) is 75.3 Å². The highest BCUT2D eigenvalue weighted by atomic mass is 32.2. The third kappa shape index (κ3) is 3.33. The second-order valence-corrected chi connectivity index (χ2v) is 6.41. The van der Waals surface area contributed by atoms with E-state index in [-0.39, 0.29) is 10.8 Å². The first-order valence-corrected chi connectivity index (χ1v) is 7.85.